The fourth-order valence-corrected chi connectivity index (χ4v) is 3.29. The van der Waals surface area contributed by atoms with Crippen molar-refractivity contribution in [1.29, 1.82) is 0 Å². The average Bonchev–Trinajstić information content (AvgIpc) is 2.71. The number of hydrogen-bond acceptors (Lipinski definition) is 2. The lowest BCUT2D eigenvalue weighted by Gasteiger charge is -2.31. The van der Waals surface area contributed by atoms with Gasteiger partial charge in [0.05, 0.1) is 6.54 Å². The van der Waals surface area contributed by atoms with E-state index >= 15 is 0 Å². The van der Waals surface area contributed by atoms with Gasteiger partial charge >= 0.3 is 0 Å². The second-order valence-corrected chi connectivity index (χ2v) is 6.22. The molecule has 6 heteroatoms. The Bertz CT molecular complexity index is 633. The Morgan fingerprint density at radius 3 is 2.74 bits per heavy atom. The van der Waals surface area contributed by atoms with Gasteiger partial charge in [0.25, 0.3) is 0 Å². The van der Waals surface area contributed by atoms with Gasteiger partial charge in [0.2, 0.25) is 11.8 Å². The molecule has 4 nitrogen and oxygen atoms in total. The maximum atomic E-state index is 13.7. The Labute approximate surface area is 134 Å². The lowest BCUT2D eigenvalue weighted by Crippen LogP contribution is -2.44. The van der Waals surface area contributed by atoms with Crippen LogP contribution in [0.2, 0.25) is 0 Å². The molecule has 0 bridgehead atoms. The molecular weight excluding hydrogens is 302 g/mol. The van der Waals surface area contributed by atoms with E-state index in [0.29, 0.717) is 37.1 Å². The third kappa shape index (κ3) is 3.51. The lowest BCUT2D eigenvalue weighted by molar-refractivity contribution is -0.140. The van der Waals surface area contributed by atoms with E-state index in [1.165, 1.54) is 6.07 Å². The quantitative estimate of drug-likeness (QED) is 0.838. The molecule has 2 amide bonds. The number of fused-ring (bicyclic) bond motifs is 1. The average molecular weight is 322 g/mol. The molecule has 0 N–H and O–H groups in total. The van der Waals surface area contributed by atoms with E-state index < -0.39 is 11.6 Å². The van der Waals surface area contributed by atoms with Gasteiger partial charge in [-0.15, -0.1) is 0 Å². The second-order valence-electron chi connectivity index (χ2n) is 6.22. The molecular formula is C17H20F2N2O2. The normalized spacial score (nSPS) is 18.6. The monoisotopic (exact) mass is 322 g/mol. The van der Waals surface area contributed by atoms with Gasteiger partial charge in [-0.3, -0.25) is 9.59 Å². The van der Waals surface area contributed by atoms with Crippen LogP contribution < -0.4 is 0 Å². The molecule has 2 heterocycles. The van der Waals surface area contributed by atoms with E-state index in [-0.39, 0.29) is 24.9 Å². The van der Waals surface area contributed by atoms with E-state index in [4.69, 9.17) is 0 Å². The maximum absolute atomic E-state index is 13.7. The molecule has 0 unspecified atom stereocenters. The Kier molecular flexibility index (Phi) is 4.59. The third-order valence-electron chi connectivity index (χ3n) is 4.60. The van der Waals surface area contributed by atoms with E-state index in [1.807, 2.05) is 0 Å². The van der Waals surface area contributed by atoms with Crippen LogP contribution in [0.25, 0.3) is 0 Å². The van der Waals surface area contributed by atoms with Crippen LogP contribution >= 0.6 is 0 Å². The Hall–Kier alpha value is -1.98. The van der Waals surface area contributed by atoms with Gasteiger partial charge in [0.1, 0.15) is 11.6 Å². The SMILES string of the molecule is O=C1CCCCCN1CC(=O)N1CCc2c(F)cc(F)cc2C1. The number of hydrogen-bond donors (Lipinski definition) is 0. The van der Waals surface area contributed by atoms with Crippen molar-refractivity contribution in [3.8, 4) is 0 Å². The molecule has 2 aliphatic heterocycles. The summed E-state index contributed by atoms with van der Waals surface area (Å²) in [5, 5.41) is 0. The highest BCUT2D eigenvalue weighted by Gasteiger charge is 2.26. The highest BCUT2D eigenvalue weighted by Crippen LogP contribution is 2.23. The topological polar surface area (TPSA) is 40.6 Å². The molecule has 3 rings (SSSR count). The molecule has 1 fully saturated rings. The molecule has 1 aromatic carbocycles. The maximum Gasteiger partial charge on any atom is 0.242 e. The van der Waals surface area contributed by atoms with Gasteiger partial charge in [-0.25, -0.2) is 8.78 Å². The standard InChI is InChI=1S/C17H20F2N2O2/c18-13-8-12-10-21(7-5-14(12)15(19)9-13)17(23)11-20-6-3-1-2-4-16(20)22/h8-9H,1-7,10-11H2. The van der Waals surface area contributed by atoms with Gasteiger partial charge < -0.3 is 9.80 Å². The van der Waals surface area contributed by atoms with Crippen LogP contribution in [-0.4, -0.2) is 41.2 Å². The fourth-order valence-electron chi connectivity index (χ4n) is 3.29. The number of benzene rings is 1. The lowest BCUT2D eigenvalue weighted by atomic mass is 9.99. The second kappa shape index (κ2) is 6.64. The molecule has 124 valence electrons. The summed E-state index contributed by atoms with van der Waals surface area (Å²) in [5.74, 6) is -1.31. The minimum Gasteiger partial charge on any atom is -0.336 e. The van der Waals surface area contributed by atoms with Gasteiger partial charge in [0.15, 0.2) is 0 Å². The number of rotatable bonds is 2. The van der Waals surface area contributed by atoms with Gasteiger partial charge in [-0.05, 0) is 36.5 Å². The number of carbonyl (C=O) groups is 2. The Morgan fingerprint density at radius 1 is 1.09 bits per heavy atom. The van der Waals surface area contributed by atoms with Crippen molar-refractivity contribution in [3.05, 3.63) is 34.9 Å². The zero-order valence-electron chi connectivity index (χ0n) is 13.0. The first kappa shape index (κ1) is 15.9. The van der Waals surface area contributed by atoms with Crippen molar-refractivity contribution in [3.63, 3.8) is 0 Å². The van der Waals surface area contributed by atoms with Gasteiger partial charge in [0, 0.05) is 32.1 Å². The van der Waals surface area contributed by atoms with E-state index in [2.05, 4.69) is 0 Å². The molecule has 23 heavy (non-hydrogen) atoms. The summed E-state index contributed by atoms with van der Waals surface area (Å²) in [7, 11) is 0. The molecule has 1 saturated heterocycles. The molecule has 0 radical (unpaired) electrons. The van der Waals surface area contributed by atoms with Crippen molar-refractivity contribution < 1.29 is 18.4 Å². The molecule has 0 aliphatic carbocycles. The predicted octanol–water partition coefficient (Wildman–Crippen LogP) is 2.25. The number of likely N-dealkylation sites (tertiary alicyclic amines) is 1. The van der Waals surface area contributed by atoms with Gasteiger partial charge in [-0.2, -0.15) is 0 Å². The molecule has 0 atom stereocenters. The highest BCUT2D eigenvalue weighted by molar-refractivity contribution is 5.85. The van der Waals surface area contributed by atoms with Crippen LogP contribution in [0.5, 0.6) is 0 Å². The molecule has 0 saturated carbocycles. The van der Waals surface area contributed by atoms with Crippen LogP contribution in [0, 0.1) is 11.6 Å². The summed E-state index contributed by atoms with van der Waals surface area (Å²) >= 11 is 0. The van der Waals surface area contributed by atoms with Gasteiger partial charge in [-0.1, -0.05) is 6.42 Å². The van der Waals surface area contributed by atoms with Crippen LogP contribution in [0.15, 0.2) is 12.1 Å². The van der Waals surface area contributed by atoms with Crippen molar-refractivity contribution in [2.75, 3.05) is 19.6 Å². The summed E-state index contributed by atoms with van der Waals surface area (Å²) in [6.45, 7) is 1.27. The summed E-state index contributed by atoms with van der Waals surface area (Å²) < 4.78 is 27.1. The first-order chi connectivity index (χ1) is 11.0. The molecule has 1 aromatic rings. The fraction of sp³-hybridized carbons (Fsp3) is 0.529. The van der Waals surface area contributed by atoms with Crippen LogP contribution in [-0.2, 0) is 22.6 Å². The van der Waals surface area contributed by atoms with Crippen molar-refractivity contribution in [1.82, 2.24) is 9.80 Å². The van der Waals surface area contributed by atoms with Crippen LogP contribution in [0.4, 0.5) is 8.78 Å². The zero-order valence-corrected chi connectivity index (χ0v) is 13.0. The summed E-state index contributed by atoms with van der Waals surface area (Å²) in [4.78, 5) is 27.6. The minimum absolute atomic E-state index is 0.0188. The zero-order chi connectivity index (χ0) is 16.4. The van der Waals surface area contributed by atoms with Crippen LogP contribution in [0.1, 0.15) is 36.8 Å². The van der Waals surface area contributed by atoms with E-state index in [9.17, 15) is 18.4 Å². The number of nitrogens with zero attached hydrogens (tertiary/aromatic N) is 2. The summed E-state index contributed by atoms with van der Waals surface area (Å²) in [5.41, 5.74) is 1.01. The molecule has 2 aliphatic rings. The van der Waals surface area contributed by atoms with Crippen molar-refractivity contribution in [2.45, 2.75) is 38.6 Å². The predicted molar refractivity (Wildman–Crippen MR) is 80.5 cm³/mol. The molecule has 0 spiro atoms. The smallest absolute Gasteiger partial charge is 0.242 e. The highest BCUT2D eigenvalue weighted by atomic mass is 19.1. The summed E-state index contributed by atoms with van der Waals surface area (Å²) in [6, 6.07) is 2.17. The molecule has 0 aromatic heterocycles. The van der Waals surface area contributed by atoms with E-state index in [1.54, 1.807) is 9.80 Å². The number of carbonyl (C=O) groups excluding carboxylic acids is 2. The van der Waals surface area contributed by atoms with E-state index in [0.717, 1.165) is 25.3 Å². The van der Waals surface area contributed by atoms with Crippen molar-refractivity contribution >= 4 is 11.8 Å². The number of halogens is 2. The Balaban J connectivity index is 1.68. The van der Waals surface area contributed by atoms with Crippen LogP contribution in [0.3, 0.4) is 0 Å². The van der Waals surface area contributed by atoms with Crippen molar-refractivity contribution in [2.24, 2.45) is 0 Å². The summed E-state index contributed by atoms with van der Waals surface area (Å²) in [6.07, 6.45) is 3.66. The number of amides is 2. The minimum atomic E-state index is -0.627. The largest absolute Gasteiger partial charge is 0.336 e. The first-order valence-corrected chi connectivity index (χ1v) is 8.07. The first-order valence-electron chi connectivity index (χ1n) is 8.07. The third-order valence-corrected chi connectivity index (χ3v) is 4.60. The Morgan fingerprint density at radius 2 is 1.91 bits per heavy atom.